The number of aromatic amines is 1. The zero-order valence-electron chi connectivity index (χ0n) is 6.07. The molecular weight excluding hydrogens is 160 g/mol. The molecule has 5 nitrogen and oxygen atoms in total. The van der Waals surface area contributed by atoms with Crippen molar-refractivity contribution in [3.05, 3.63) is 24.5 Å². The van der Waals surface area contributed by atoms with Crippen LogP contribution in [0.4, 0.5) is 0 Å². The van der Waals surface area contributed by atoms with Crippen LogP contribution in [0.2, 0.25) is 0 Å². The molecule has 0 atom stereocenters. The van der Waals surface area contributed by atoms with Crippen molar-refractivity contribution in [2.45, 2.75) is 0 Å². The molecule has 0 bridgehead atoms. The van der Waals surface area contributed by atoms with Gasteiger partial charge in [0.2, 0.25) is 0 Å². The summed E-state index contributed by atoms with van der Waals surface area (Å²) in [6.07, 6.45) is 2.74. The predicted molar refractivity (Wildman–Crippen MR) is 40.3 cm³/mol. The molecule has 0 saturated carbocycles. The number of hydrogen-bond donors (Lipinski definition) is 2. The van der Waals surface area contributed by atoms with E-state index < -0.39 is 11.8 Å². The molecule has 0 fully saturated rings. The fraction of sp³-hybridized carbons (Fsp3) is 0. The van der Waals surface area contributed by atoms with Crippen LogP contribution in [0.1, 0.15) is 5.56 Å². The van der Waals surface area contributed by atoms with Gasteiger partial charge >= 0.3 is 5.97 Å². The zero-order valence-corrected chi connectivity index (χ0v) is 6.07. The van der Waals surface area contributed by atoms with Crippen molar-refractivity contribution in [1.82, 2.24) is 10.2 Å². The van der Waals surface area contributed by atoms with Gasteiger partial charge in [-0.25, -0.2) is 4.79 Å². The quantitative estimate of drug-likeness (QED) is 0.492. The van der Waals surface area contributed by atoms with Gasteiger partial charge in [-0.2, -0.15) is 5.10 Å². The van der Waals surface area contributed by atoms with Gasteiger partial charge in [0.05, 0.1) is 6.20 Å². The lowest BCUT2D eigenvalue weighted by Crippen LogP contribution is -2.13. The smallest absolute Gasteiger partial charge is 0.377 e. The number of H-pyrrole nitrogens is 1. The van der Waals surface area contributed by atoms with Crippen molar-refractivity contribution >= 4 is 17.3 Å². The van der Waals surface area contributed by atoms with Crippen LogP contribution < -0.4 is 0 Å². The van der Waals surface area contributed by atoms with E-state index in [1.54, 1.807) is 0 Å². The Hall–Kier alpha value is -1.91. The van der Waals surface area contributed by atoms with Gasteiger partial charge in [-0.15, -0.1) is 0 Å². The molecule has 0 unspecified atom stereocenters. The van der Waals surface area contributed by atoms with E-state index in [-0.39, 0.29) is 5.57 Å². The Bertz CT molecular complexity index is 326. The van der Waals surface area contributed by atoms with Gasteiger partial charge in [-0.3, -0.25) is 9.89 Å². The summed E-state index contributed by atoms with van der Waals surface area (Å²) < 4.78 is 0. The third kappa shape index (κ3) is 1.39. The maximum atomic E-state index is 10.8. The number of aliphatic carboxylic acids is 1. The second-order valence-corrected chi connectivity index (χ2v) is 2.10. The zero-order chi connectivity index (χ0) is 9.14. The number of aromatic nitrogens is 2. The minimum Gasteiger partial charge on any atom is -0.475 e. The first-order valence-electron chi connectivity index (χ1n) is 3.08. The van der Waals surface area contributed by atoms with Crippen LogP contribution in [0.15, 0.2) is 19.0 Å². The second kappa shape index (κ2) is 3.00. The minimum atomic E-state index is -1.51. The first kappa shape index (κ1) is 8.19. The molecule has 0 saturated heterocycles. The van der Waals surface area contributed by atoms with Gasteiger partial charge in [-0.05, 0) is 0 Å². The number of hydrogen-bond acceptors (Lipinski definition) is 3. The molecule has 62 valence electrons. The molecule has 12 heavy (non-hydrogen) atoms. The summed E-state index contributed by atoms with van der Waals surface area (Å²) in [5, 5.41) is 14.3. The van der Waals surface area contributed by atoms with Crippen molar-refractivity contribution in [2.24, 2.45) is 0 Å². The monoisotopic (exact) mass is 166 g/mol. The maximum Gasteiger partial charge on any atom is 0.377 e. The maximum absolute atomic E-state index is 10.8. The molecule has 0 radical (unpaired) electrons. The van der Waals surface area contributed by atoms with E-state index in [4.69, 9.17) is 5.11 Å². The largest absolute Gasteiger partial charge is 0.475 e. The van der Waals surface area contributed by atoms with Crippen molar-refractivity contribution in [1.29, 1.82) is 0 Å². The number of carbonyl (C=O) groups excluding carboxylic acids is 1. The van der Waals surface area contributed by atoms with Gasteiger partial charge in [0, 0.05) is 17.3 Å². The molecule has 1 heterocycles. The number of carboxylic acid groups (broad SMARTS) is 1. The van der Waals surface area contributed by atoms with Crippen LogP contribution >= 0.6 is 0 Å². The number of Topliss-reactive ketones (excluding diaryl/α,β-unsaturated/α-hetero) is 1. The summed E-state index contributed by atoms with van der Waals surface area (Å²) >= 11 is 0. The Kier molecular flexibility index (Phi) is 2.05. The van der Waals surface area contributed by atoms with E-state index in [2.05, 4.69) is 16.8 Å². The fourth-order valence-corrected chi connectivity index (χ4v) is 0.676. The van der Waals surface area contributed by atoms with Crippen molar-refractivity contribution in [2.75, 3.05) is 0 Å². The van der Waals surface area contributed by atoms with Gasteiger partial charge in [0.1, 0.15) is 0 Å². The summed E-state index contributed by atoms with van der Waals surface area (Å²) in [6.45, 7) is 3.33. The summed E-state index contributed by atoms with van der Waals surface area (Å²) in [6, 6.07) is 0. The Morgan fingerprint density at radius 1 is 1.58 bits per heavy atom. The number of nitrogens with one attached hydrogen (secondary N) is 1. The summed E-state index contributed by atoms with van der Waals surface area (Å²) in [4.78, 5) is 21.0. The lowest BCUT2D eigenvalue weighted by molar-refractivity contribution is -0.146. The highest BCUT2D eigenvalue weighted by atomic mass is 16.4. The van der Waals surface area contributed by atoms with Crippen LogP contribution in [0, 0.1) is 0 Å². The molecule has 1 aromatic heterocycles. The summed E-state index contributed by atoms with van der Waals surface area (Å²) in [5.74, 6) is -2.53. The number of carbonyl (C=O) groups is 2. The Balaban J connectivity index is 2.87. The Labute approximate surface area is 67.7 Å². The Morgan fingerprint density at radius 3 is 2.67 bits per heavy atom. The van der Waals surface area contributed by atoms with Crippen LogP contribution in [-0.2, 0) is 9.59 Å². The van der Waals surface area contributed by atoms with E-state index in [1.165, 1.54) is 12.4 Å². The first-order valence-corrected chi connectivity index (χ1v) is 3.08. The fourth-order valence-electron chi connectivity index (χ4n) is 0.676. The van der Waals surface area contributed by atoms with Crippen LogP contribution in [0.3, 0.4) is 0 Å². The predicted octanol–water partition coefficient (Wildman–Crippen LogP) is 0.0766. The van der Waals surface area contributed by atoms with E-state index in [0.29, 0.717) is 5.56 Å². The van der Waals surface area contributed by atoms with Crippen molar-refractivity contribution < 1.29 is 14.7 Å². The highest BCUT2D eigenvalue weighted by molar-refractivity contribution is 6.50. The first-order chi connectivity index (χ1) is 5.63. The number of rotatable bonds is 3. The molecule has 0 aromatic carbocycles. The van der Waals surface area contributed by atoms with Gasteiger partial charge in [0.15, 0.2) is 0 Å². The van der Waals surface area contributed by atoms with E-state index in [0.717, 1.165) is 0 Å². The molecule has 1 rings (SSSR count). The van der Waals surface area contributed by atoms with Crippen molar-refractivity contribution in [3.63, 3.8) is 0 Å². The average molecular weight is 166 g/mol. The molecule has 0 amide bonds. The lowest BCUT2D eigenvalue weighted by Gasteiger charge is -1.94. The normalized spacial score (nSPS) is 9.33. The average Bonchev–Trinajstić information content (AvgIpc) is 2.53. The second-order valence-electron chi connectivity index (χ2n) is 2.10. The molecule has 0 aliphatic rings. The van der Waals surface area contributed by atoms with Crippen LogP contribution in [0.5, 0.6) is 0 Å². The number of ketones is 1. The van der Waals surface area contributed by atoms with Gasteiger partial charge in [-0.1, -0.05) is 6.58 Å². The Morgan fingerprint density at radius 2 is 2.25 bits per heavy atom. The van der Waals surface area contributed by atoms with Crippen molar-refractivity contribution in [3.8, 4) is 0 Å². The summed E-state index contributed by atoms with van der Waals surface area (Å²) in [5.41, 5.74) is 0.318. The number of carboxylic acids is 1. The molecule has 2 N–H and O–H groups in total. The highest BCUT2D eigenvalue weighted by Crippen LogP contribution is 2.10. The number of nitrogens with zero attached hydrogens (tertiary/aromatic N) is 1. The SMILES string of the molecule is C=C(C(=O)C(=O)O)c1cn[nH]c1. The topological polar surface area (TPSA) is 83.1 Å². The molecule has 1 aromatic rings. The van der Waals surface area contributed by atoms with Gasteiger partial charge in [0.25, 0.3) is 5.78 Å². The summed E-state index contributed by atoms with van der Waals surface area (Å²) in [7, 11) is 0. The standard InChI is InChI=1S/C7H6N2O3/c1-4(6(10)7(11)12)5-2-8-9-3-5/h2-3H,1H2,(H,8,9)(H,11,12). The molecule has 0 spiro atoms. The van der Waals surface area contributed by atoms with E-state index >= 15 is 0 Å². The molecule has 0 aliphatic carbocycles. The highest BCUT2D eigenvalue weighted by Gasteiger charge is 2.17. The molecular formula is C7H6N2O3. The minimum absolute atomic E-state index is 0.0729. The third-order valence-corrected chi connectivity index (χ3v) is 1.32. The van der Waals surface area contributed by atoms with Crippen LogP contribution in [0.25, 0.3) is 5.57 Å². The third-order valence-electron chi connectivity index (χ3n) is 1.32. The molecule has 5 heteroatoms. The molecule has 0 aliphatic heterocycles. The lowest BCUT2D eigenvalue weighted by atomic mass is 10.1. The van der Waals surface area contributed by atoms with E-state index in [1.807, 2.05) is 0 Å². The van der Waals surface area contributed by atoms with Gasteiger partial charge < -0.3 is 5.11 Å². The van der Waals surface area contributed by atoms with Crippen LogP contribution in [-0.4, -0.2) is 27.1 Å². The van der Waals surface area contributed by atoms with E-state index in [9.17, 15) is 9.59 Å².